The van der Waals surface area contributed by atoms with Crippen LogP contribution in [-0.2, 0) is 14.3 Å². The third-order valence-corrected chi connectivity index (χ3v) is 6.58. The van der Waals surface area contributed by atoms with E-state index < -0.39 is 42.0 Å². The predicted octanol–water partition coefficient (Wildman–Crippen LogP) is 2.36. The maximum atomic E-state index is 13.5. The Morgan fingerprint density at radius 1 is 1.15 bits per heavy atom. The van der Waals surface area contributed by atoms with Gasteiger partial charge in [0.1, 0.15) is 23.6 Å². The number of rotatable bonds is 12. The molecule has 1 aliphatic rings. The molecule has 1 unspecified atom stereocenters. The van der Waals surface area contributed by atoms with E-state index in [2.05, 4.69) is 26.3 Å². The molecule has 0 aliphatic carbocycles. The number of aromatic nitrogens is 1. The zero-order chi connectivity index (χ0) is 29.4. The second-order valence-electron chi connectivity index (χ2n) is 10.6. The Hall–Kier alpha value is -4.27. The van der Waals surface area contributed by atoms with Gasteiger partial charge in [0.15, 0.2) is 0 Å². The summed E-state index contributed by atoms with van der Waals surface area (Å²) in [6.07, 6.45) is -1.23. The molecule has 12 heteroatoms. The second-order valence-corrected chi connectivity index (χ2v) is 10.6. The van der Waals surface area contributed by atoms with Crippen LogP contribution < -0.4 is 26.0 Å². The van der Waals surface area contributed by atoms with Crippen molar-refractivity contribution in [3.63, 3.8) is 0 Å². The van der Waals surface area contributed by atoms with Crippen molar-refractivity contribution in [3.8, 4) is 11.8 Å². The Morgan fingerprint density at radius 3 is 2.50 bits per heavy atom. The Bertz CT molecular complexity index is 1270. The quantitative estimate of drug-likeness (QED) is 0.268. The minimum atomic E-state index is -1.35. The van der Waals surface area contributed by atoms with Crippen LogP contribution in [0, 0.1) is 23.2 Å². The second kappa shape index (κ2) is 13.7. The van der Waals surface area contributed by atoms with E-state index in [1.165, 1.54) is 0 Å². The highest BCUT2D eigenvalue weighted by Crippen LogP contribution is 2.26. The molecule has 1 fully saturated rings. The number of H-pyrrole nitrogens is 1. The smallest absolute Gasteiger partial charge is 0.408 e. The fraction of sp³-hybridized carbons (Fsp3) is 0.536. The molecule has 2 aromatic rings. The van der Waals surface area contributed by atoms with Crippen molar-refractivity contribution in [3.05, 3.63) is 30.0 Å². The van der Waals surface area contributed by atoms with Crippen molar-refractivity contribution in [2.24, 2.45) is 11.8 Å². The van der Waals surface area contributed by atoms with Gasteiger partial charge in [0.25, 0.3) is 5.91 Å². The first-order valence-corrected chi connectivity index (χ1v) is 13.4. The summed E-state index contributed by atoms with van der Waals surface area (Å²) in [5.74, 6) is -1.05. The Balaban J connectivity index is 1.81. The van der Waals surface area contributed by atoms with E-state index in [0.29, 0.717) is 30.7 Å². The third-order valence-electron chi connectivity index (χ3n) is 6.58. The van der Waals surface area contributed by atoms with E-state index in [4.69, 9.17) is 9.47 Å². The van der Waals surface area contributed by atoms with Crippen molar-refractivity contribution >= 4 is 34.7 Å². The molecule has 0 saturated carbocycles. The topological polar surface area (TPSA) is 174 Å². The van der Waals surface area contributed by atoms with Gasteiger partial charge in [-0.2, -0.15) is 5.26 Å². The lowest BCUT2D eigenvalue weighted by Crippen LogP contribution is -2.54. The van der Waals surface area contributed by atoms with Gasteiger partial charge in [-0.15, -0.1) is 0 Å². The minimum absolute atomic E-state index is 0.0396. The van der Waals surface area contributed by atoms with Crippen LogP contribution in [-0.4, -0.2) is 66.7 Å². The number of carbonyl (C=O) groups is 4. The van der Waals surface area contributed by atoms with Crippen molar-refractivity contribution < 1.29 is 28.7 Å². The summed E-state index contributed by atoms with van der Waals surface area (Å²) >= 11 is 0. The van der Waals surface area contributed by atoms with Crippen LogP contribution in [0.1, 0.15) is 57.4 Å². The number of hydrogen-bond donors (Lipinski definition) is 5. The molecule has 12 nitrogen and oxygen atoms in total. The molecule has 216 valence electrons. The number of fused-ring (bicyclic) bond motifs is 1. The van der Waals surface area contributed by atoms with E-state index in [9.17, 15) is 24.4 Å². The number of carbonyl (C=O) groups excluding carboxylic acids is 4. The van der Waals surface area contributed by atoms with Crippen LogP contribution in [0.25, 0.3) is 10.9 Å². The van der Waals surface area contributed by atoms with Gasteiger partial charge in [-0.25, -0.2) is 4.79 Å². The number of benzene rings is 1. The average Bonchev–Trinajstić information content (AvgIpc) is 3.51. The van der Waals surface area contributed by atoms with E-state index in [-0.39, 0.29) is 30.0 Å². The lowest BCUT2D eigenvalue weighted by Gasteiger charge is -2.28. The number of amides is 4. The number of nitriles is 1. The van der Waals surface area contributed by atoms with Crippen LogP contribution >= 0.6 is 0 Å². The third kappa shape index (κ3) is 7.88. The van der Waals surface area contributed by atoms with E-state index in [1.54, 1.807) is 39.2 Å². The minimum Gasteiger partial charge on any atom is -0.496 e. The SMILES string of the molecule is COc1cccc2[nH]c(C(=O)N[C@@H](CC(C)C)C(=O)N[C@@H](C[C@@H]3CCNC3=O)C(C#N)OC(=O)NC(C)C)cc12. The van der Waals surface area contributed by atoms with Crippen LogP contribution in [0.2, 0.25) is 0 Å². The number of nitrogens with zero attached hydrogens (tertiary/aromatic N) is 1. The van der Waals surface area contributed by atoms with Crippen LogP contribution in [0.3, 0.4) is 0 Å². The normalized spacial score (nSPS) is 17.1. The predicted molar refractivity (Wildman–Crippen MR) is 147 cm³/mol. The van der Waals surface area contributed by atoms with Crippen LogP contribution in [0.5, 0.6) is 5.75 Å². The van der Waals surface area contributed by atoms with Crippen LogP contribution in [0.15, 0.2) is 24.3 Å². The number of ether oxygens (including phenoxy) is 2. The molecule has 4 atom stereocenters. The number of alkyl carbamates (subject to hydrolysis) is 1. The molecule has 0 radical (unpaired) electrons. The van der Waals surface area contributed by atoms with Gasteiger partial charge in [-0.3, -0.25) is 14.4 Å². The molecular weight excluding hydrogens is 516 g/mol. The largest absolute Gasteiger partial charge is 0.496 e. The highest BCUT2D eigenvalue weighted by Gasteiger charge is 2.36. The fourth-order valence-electron chi connectivity index (χ4n) is 4.67. The molecule has 4 amide bonds. The number of methoxy groups -OCH3 is 1. The molecule has 40 heavy (non-hydrogen) atoms. The summed E-state index contributed by atoms with van der Waals surface area (Å²) < 4.78 is 10.7. The molecular formula is C28H38N6O6. The standard InChI is InChI=1S/C28H38N6O6/c1-15(2)11-21(34-27(37)22-13-18-19(32-22)7-6-8-23(18)39-5)26(36)33-20(12-17-9-10-30-25(17)35)24(14-29)40-28(38)31-16(3)4/h6-8,13,15-17,20-21,24,32H,9-12H2,1-5H3,(H,30,35)(H,31,38)(H,33,36)(H,34,37)/t17-,20-,21-,24?/m0/s1. The molecule has 5 N–H and O–H groups in total. The highest BCUT2D eigenvalue weighted by atomic mass is 16.6. The van der Waals surface area contributed by atoms with Crippen molar-refractivity contribution in [2.75, 3.05) is 13.7 Å². The number of hydrogen-bond acceptors (Lipinski definition) is 7. The van der Waals surface area contributed by atoms with Gasteiger partial charge in [0.2, 0.25) is 17.9 Å². The van der Waals surface area contributed by atoms with Gasteiger partial charge in [0.05, 0.1) is 13.2 Å². The summed E-state index contributed by atoms with van der Waals surface area (Å²) in [6.45, 7) is 7.80. The van der Waals surface area contributed by atoms with E-state index in [1.807, 2.05) is 26.0 Å². The van der Waals surface area contributed by atoms with E-state index >= 15 is 0 Å². The van der Waals surface area contributed by atoms with Gasteiger partial charge in [-0.1, -0.05) is 19.9 Å². The van der Waals surface area contributed by atoms with E-state index in [0.717, 1.165) is 5.39 Å². The zero-order valence-electron chi connectivity index (χ0n) is 23.5. The first-order chi connectivity index (χ1) is 19.0. The molecule has 1 saturated heterocycles. The summed E-state index contributed by atoms with van der Waals surface area (Å²) in [5.41, 5.74) is 0.960. The lowest BCUT2D eigenvalue weighted by molar-refractivity contribution is -0.126. The highest BCUT2D eigenvalue weighted by molar-refractivity contribution is 6.01. The van der Waals surface area contributed by atoms with Crippen LogP contribution in [0.4, 0.5) is 4.79 Å². The number of nitrogens with one attached hydrogen (secondary N) is 5. The molecule has 1 aliphatic heterocycles. The molecule has 0 bridgehead atoms. The lowest BCUT2D eigenvalue weighted by atomic mass is 9.94. The molecule has 2 heterocycles. The molecule has 3 rings (SSSR count). The Kier molecular flexibility index (Phi) is 10.4. The fourth-order valence-corrected chi connectivity index (χ4v) is 4.67. The maximum Gasteiger partial charge on any atom is 0.408 e. The molecule has 1 aromatic carbocycles. The number of aromatic amines is 1. The Labute approximate surface area is 233 Å². The first-order valence-electron chi connectivity index (χ1n) is 13.4. The summed E-state index contributed by atoms with van der Waals surface area (Å²) in [5, 5.41) is 21.4. The maximum absolute atomic E-state index is 13.5. The van der Waals surface area contributed by atoms with Crippen molar-refractivity contribution in [1.82, 2.24) is 26.3 Å². The Morgan fingerprint density at radius 2 is 1.90 bits per heavy atom. The van der Waals surface area contributed by atoms with Gasteiger partial charge in [-0.05, 0) is 57.2 Å². The van der Waals surface area contributed by atoms with Crippen molar-refractivity contribution in [2.45, 2.75) is 71.2 Å². The average molecular weight is 555 g/mol. The van der Waals surface area contributed by atoms with Gasteiger partial charge in [0, 0.05) is 29.4 Å². The monoisotopic (exact) mass is 554 g/mol. The summed E-state index contributed by atoms with van der Waals surface area (Å²) in [7, 11) is 1.54. The molecule has 1 aromatic heterocycles. The molecule has 0 spiro atoms. The summed E-state index contributed by atoms with van der Waals surface area (Å²) in [4.78, 5) is 54.4. The zero-order valence-corrected chi connectivity index (χ0v) is 23.5. The van der Waals surface area contributed by atoms with Gasteiger partial charge >= 0.3 is 6.09 Å². The first kappa shape index (κ1) is 30.3. The van der Waals surface area contributed by atoms with Crippen molar-refractivity contribution in [1.29, 1.82) is 5.26 Å². The summed E-state index contributed by atoms with van der Waals surface area (Å²) in [6, 6.07) is 6.83. The van der Waals surface area contributed by atoms with Gasteiger partial charge < -0.3 is 35.7 Å².